The molecule has 3 aromatic rings. The molecule has 1 unspecified atom stereocenters. The van der Waals surface area contributed by atoms with Gasteiger partial charge in [-0.05, 0) is 42.5 Å². The van der Waals surface area contributed by atoms with Crippen LogP contribution >= 0.6 is 0 Å². The van der Waals surface area contributed by atoms with Crippen LogP contribution in [0, 0.1) is 0 Å². The van der Waals surface area contributed by atoms with Crippen molar-refractivity contribution in [3.63, 3.8) is 0 Å². The maximum atomic E-state index is 12.6. The Bertz CT molecular complexity index is 845. The number of aliphatic hydroxyl groups excluding tert-OH is 1. The summed E-state index contributed by atoms with van der Waals surface area (Å²) >= 11 is 0. The molecule has 0 heterocycles. The smallest absolute Gasteiger partial charge is 0.237 e. The molecule has 162 valence electrons. The van der Waals surface area contributed by atoms with Crippen LogP contribution in [0.3, 0.4) is 0 Å². The third kappa shape index (κ3) is 7.35. The summed E-state index contributed by atoms with van der Waals surface area (Å²) in [5.74, 6) is 0.257. The molecule has 0 saturated heterocycles. The van der Waals surface area contributed by atoms with Gasteiger partial charge in [-0.25, -0.2) is 0 Å². The summed E-state index contributed by atoms with van der Waals surface area (Å²) in [7, 11) is 0. The van der Waals surface area contributed by atoms with Crippen LogP contribution in [0.5, 0.6) is 0 Å². The summed E-state index contributed by atoms with van der Waals surface area (Å²) in [6, 6.07) is 30.6. The first kappa shape index (κ1) is 22.7. The lowest BCUT2D eigenvalue weighted by molar-refractivity contribution is -0.123. The highest BCUT2D eigenvalue weighted by atomic mass is 16.3. The van der Waals surface area contributed by atoms with E-state index in [4.69, 9.17) is 0 Å². The molecule has 0 aliphatic carbocycles. The molecule has 3 N–H and O–H groups in total. The van der Waals surface area contributed by atoms with Crippen LogP contribution in [0.1, 0.15) is 41.9 Å². The second-order valence-electron chi connectivity index (χ2n) is 7.74. The van der Waals surface area contributed by atoms with Gasteiger partial charge in [0.25, 0.3) is 0 Å². The van der Waals surface area contributed by atoms with E-state index in [1.807, 2.05) is 42.5 Å². The number of hydrogen-bond donors (Lipinski definition) is 3. The molecule has 3 aromatic carbocycles. The Hall–Kier alpha value is -2.95. The minimum Gasteiger partial charge on any atom is -0.396 e. The van der Waals surface area contributed by atoms with Crippen molar-refractivity contribution in [1.82, 2.24) is 10.6 Å². The molecular weight excluding hydrogens is 384 g/mol. The molecule has 0 aliphatic heterocycles. The molecule has 0 spiro atoms. The van der Waals surface area contributed by atoms with Crippen LogP contribution in [0.2, 0.25) is 0 Å². The molecule has 0 bridgehead atoms. The quantitative estimate of drug-likeness (QED) is 0.387. The van der Waals surface area contributed by atoms with Crippen LogP contribution in [0.4, 0.5) is 0 Å². The molecule has 0 fully saturated rings. The average molecular weight is 417 g/mol. The number of amides is 1. The number of nitrogens with one attached hydrogen (secondary N) is 2. The van der Waals surface area contributed by atoms with Crippen molar-refractivity contribution < 1.29 is 9.90 Å². The molecule has 4 nitrogen and oxygen atoms in total. The normalized spacial score (nSPS) is 11.9. The molecule has 3 rings (SSSR count). The summed E-state index contributed by atoms with van der Waals surface area (Å²) in [6.07, 6.45) is 2.32. The first-order chi connectivity index (χ1) is 15.3. The topological polar surface area (TPSA) is 61.4 Å². The fourth-order valence-corrected chi connectivity index (χ4v) is 3.84. The number of rotatable bonds is 12. The molecule has 0 aromatic heterocycles. The Labute approximate surface area is 185 Å². The molecule has 4 heteroatoms. The van der Waals surface area contributed by atoms with Crippen molar-refractivity contribution in [2.75, 3.05) is 13.2 Å². The van der Waals surface area contributed by atoms with Gasteiger partial charge < -0.3 is 15.7 Å². The molecular formula is C27H32N2O2. The standard InChI is InChI=1S/C27H32N2O2/c30-20-18-26(27(31)29-21-22-11-4-1-5-12-22)28-19-10-17-25(23-13-6-2-7-14-23)24-15-8-3-9-16-24/h1-9,11-16,25-26,28,30H,10,17-21H2,(H,29,31). The van der Waals surface area contributed by atoms with Gasteiger partial charge in [0.2, 0.25) is 5.91 Å². The zero-order valence-corrected chi connectivity index (χ0v) is 17.9. The SMILES string of the molecule is O=C(NCc1ccccc1)C(CCO)NCCCC(c1ccccc1)c1ccccc1. The van der Waals surface area contributed by atoms with Crippen molar-refractivity contribution in [2.45, 2.75) is 37.8 Å². The first-order valence-electron chi connectivity index (χ1n) is 11.0. The van der Waals surface area contributed by atoms with Crippen molar-refractivity contribution in [3.8, 4) is 0 Å². The lowest BCUT2D eigenvalue weighted by Gasteiger charge is -2.20. The van der Waals surface area contributed by atoms with Crippen LogP contribution in [0.15, 0.2) is 91.0 Å². The van der Waals surface area contributed by atoms with Gasteiger partial charge in [-0.1, -0.05) is 91.0 Å². The van der Waals surface area contributed by atoms with E-state index < -0.39 is 0 Å². The van der Waals surface area contributed by atoms with Gasteiger partial charge >= 0.3 is 0 Å². The van der Waals surface area contributed by atoms with Crippen LogP contribution in [0.25, 0.3) is 0 Å². The van der Waals surface area contributed by atoms with Gasteiger partial charge in [0.1, 0.15) is 0 Å². The zero-order valence-electron chi connectivity index (χ0n) is 17.9. The number of carbonyl (C=O) groups is 1. The monoisotopic (exact) mass is 416 g/mol. The zero-order chi connectivity index (χ0) is 21.7. The van der Waals surface area contributed by atoms with E-state index in [2.05, 4.69) is 59.2 Å². The van der Waals surface area contributed by atoms with E-state index in [1.54, 1.807) is 0 Å². The summed E-state index contributed by atoms with van der Waals surface area (Å²) in [5, 5.41) is 15.7. The highest BCUT2D eigenvalue weighted by Gasteiger charge is 2.18. The Morgan fingerprint density at radius 2 is 1.32 bits per heavy atom. The van der Waals surface area contributed by atoms with E-state index >= 15 is 0 Å². The third-order valence-electron chi connectivity index (χ3n) is 5.51. The fraction of sp³-hybridized carbons (Fsp3) is 0.296. The van der Waals surface area contributed by atoms with Crippen molar-refractivity contribution in [3.05, 3.63) is 108 Å². The first-order valence-corrected chi connectivity index (χ1v) is 11.0. The van der Waals surface area contributed by atoms with Gasteiger partial charge in [0.15, 0.2) is 0 Å². The second kappa shape index (κ2) is 12.7. The molecule has 1 amide bonds. The van der Waals surface area contributed by atoms with E-state index in [0.29, 0.717) is 18.9 Å². The van der Waals surface area contributed by atoms with Gasteiger partial charge in [-0.3, -0.25) is 4.79 Å². The van der Waals surface area contributed by atoms with Crippen molar-refractivity contribution in [2.24, 2.45) is 0 Å². The molecule has 0 aliphatic rings. The summed E-state index contributed by atoms with van der Waals surface area (Å²) in [6.45, 7) is 1.19. The highest BCUT2D eigenvalue weighted by Crippen LogP contribution is 2.28. The molecule has 0 radical (unpaired) electrons. The molecule has 31 heavy (non-hydrogen) atoms. The number of benzene rings is 3. The maximum absolute atomic E-state index is 12.6. The minimum atomic E-state index is -0.388. The minimum absolute atomic E-state index is 0.0208. The van der Waals surface area contributed by atoms with Crippen LogP contribution in [-0.4, -0.2) is 30.2 Å². The fourth-order valence-electron chi connectivity index (χ4n) is 3.84. The highest BCUT2D eigenvalue weighted by molar-refractivity contribution is 5.81. The van der Waals surface area contributed by atoms with Gasteiger partial charge in [-0.15, -0.1) is 0 Å². The third-order valence-corrected chi connectivity index (χ3v) is 5.51. The summed E-state index contributed by atoms with van der Waals surface area (Å²) in [4.78, 5) is 12.6. The van der Waals surface area contributed by atoms with E-state index in [9.17, 15) is 9.90 Å². The van der Waals surface area contributed by atoms with Crippen LogP contribution in [-0.2, 0) is 11.3 Å². The predicted molar refractivity (Wildman–Crippen MR) is 126 cm³/mol. The van der Waals surface area contributed by atoms with Gasteiger partial charge in [0.05, 0.1) is 6.04 Å². The number of aliphatic hydroxyl groups is 1. The number of carbonyl (C=O) groups excluding carboxylic acids is 1. The summed E-state index contributed by atoms with van der Waals surface area (Å²) in [5.41, 5.74) is 3.68. The lowest BCUT2D eigenvalue weighted by Crippen LogP contribution is -2.44. The predicted octanol–water partition coefficient (Wildman–Crippen LogP) is 4.26. The summed E-state index contributed by atoms with van der Waals surface area (Å²) < 4.78 is 0. The maximum Gasteiger partial charge on any atom is 0.237 e. The number of hydrogen-bond acceptors (Lipinski definition) is 3. The van der Waals surface area contributed by atoms with Crippen LogP contribution < -0.4 is 10.6 Å². The average Bonchev–Trinajstić information content (AvgIpc) is 2.83. The molecule has 0 saturated carbocycles. The molecule has 1 atom stereocenters. The Kier molecular flexibility index (Phi) is 9.30. The largest absolute Gasteiger partial charge is 0.396 e. The van der Waals surface area contributed by atoms with Crippen molar-refractivity contribution >= 4 is 5.91 Å². The Balaban J connectivity index is 1.52. The van der Waals surface area contributed by atoms with E-state index in [1.165, 1.54) is 11.1 Å². The van der Waals surface area contributed by atoms with Gasteiger partial charge in [-0.2, -0.15) is 0 Å². The Morgan fingerprint density at radius 1 is 0.774 bits per heavy atom. The lowest BCUT2D eigenvalue weighted by atomic mass is 9.87. The second-order valence-corrected chi connectivity index (χ2v) is 7.74. The van der Waals surface area contributed by atoms with Crippen molar-refractivity contribution in [1.29, 1.82) is 0 Å². The Morgan fingerprint density at radius 3 is 1.87 bits per heavy atom. The van der Waals surface area contributed by atoms with Gasteiger partial charge in [0, 0.05) is 19.1 Å². The van der Waals surface area contributed by atoms with E-state index in [0.717, 1.165) is 24.9 Å². The van der Waals surface area contributed by atoms with E-state index in [-0.39, 0.29) is 18.6 Å².